The summed E-state index contributed by atoms with van der Waals surface area (Å²) in [5, 5.41) is 5.80. The minimum absolute atomic E-state index is 0.0392. The molecule has 1 rings (SSSR count). The van der Waals surface area contributed by atoms with E-state index < -0.39 is 0 Å². The van der Waals surface area contributed by atoms with Gasteiger partial charge in [0.2, 0.25) is 11.8 Å². The van der Waals surface area contributed by atoms with Gasteiger partial charge in [-0.15, -0.1) is 0 Å². The Balaban J connectivity index is 2.02. The average molecular weight is 301 g/mol. The van der Waals surface area contributed by atoms with Crippen molar-refractivity contribution < 1.29 is 19.1 Å². The number of rotatable bonds is 10. The molecule has 1 heterocycles. The molecule has 1 saturated heterocycles. The van der Waals surface area contributed by atoms with Gasteiger partial charge in [-0.1, -0.05) is 0 Å². The molecule has 1 unspecified atom stereocenters. The molecule has 0 spiro atoms. The van der Waals surface area contributed by atoms with Crippen LogP contribution < -0.4 is 10.6 Å². The van der Waals surface area contributed by atoms with Crippen LogP contribution in [0.3, 0.4) is 0 Å². The largest absolute Gasteiger partial charge is 0.378 e. The van der Waals surface area contributed by atoms with Crippen LogP contribution >= 0.6 is 0 Å². The first-order chi connectivity index (χ1) is 10.2. The number of nitrogens with one attached hydrogen (secondary N) is 2. The summed E-state index contributed by atoms with van der Waals surface area (Å²) in [6, 6.07) is -0.313. The quantitative estimate of drug-likeness (QED) is 0.525. The Morgan fingerprint density at radius 2 is 1.81 bits per heavy atom. The molecule has 0 aromatic carbocycles. The molecule has 7 nitrogen and oxygen atoms in total. The van der Waals surface area contributed by atoms with Gasteiger partial charge in [-0.05, 0) is 19.9 Å². The molecule has 0 aliphatic carbocycles. The zero-order valence-electron chi connectivity index (χ0n) is 13.0. The average Bonchev–Trinajstić information content (AvgIpc) is 2.95. The van der Waals surface area contributed by atoms with Crippen LogP contribution in [0.4, 0.5) is 0 Å². The van der Waals surface area contributed by atoms with Crippen molar-refractivity contribution in [2.75, 3.05) is 53.1 Å². The van der Waals surface area contributed by atoms with E-state index in [0.29, 0.717) is 39.5 Å². The van der Waals surface area contributed by atoms with Crippen molar-refractivity contribution in [2.45, 2.75) is 25.8 Å². The topological polar surface area (TPSA) is 79.9 Å². The van der Waals surface area contributed by atoms with Crippen LogP contribution in [-0.2, 0) is 19.1 Å². The highest BCUT2D eigenvalue weighted by atomic mass is 16.5. The van der Waals surface area contributed by atoms with Crippen molar-refractivity contribution in [1.82, 2.24) is 15.5 Å². The zero-order chi connectivity index (χ0) is 15.5. The molecule has 1 fully saturated rings. The van der Waals surface area contributed by atoms with Gasteiger partial charge in [-0.25, -0.2) is 0 Å². The molecule has 1 atom stereocenters. The van der Waals surface area contributed by atoms with E-state index >= 15 is 0 Å². The molecular weight excluding hydrogens is 274 g/mol. The maximum atomic E-state index is 12.0. The van der Waals surface area contributed by atoms with Crippen LogP contribution in [0.1, 0.15) is 19.8 Å². The molecule has 2 amide bonds. The second kappa shape index (κ2) is 10.5. The van der Waals surface area contributed by atoms with Crippen molar-refractivity contribution in [3.63, 3.8) is 0 Å². The number of nitrogens with zero attached hydrogens (tertiary/aromatic N) is 1. The Hall–Kier alpha value is -1.18. The van der Waals surface area contributed by atoms with Crippen molar-refractivity contribution in [1.29, 1.82) is 0 Å². The molecule has 0 aromatic rings. The molecule has 0 bridgehead atoms. The van der Waals surface area contributed by atoms with Gasteiger partial charge >= 0.3 is 0 Å². The number of likely N-dealkylation sites (tertiary alicyclic amines) is 1. The number of hydrogen-bond acceptors (Lipinski definition) is 5. The first-order valence-electron chi connectivity index (χ1n) is 7.52. The van der Waals surface area contributed by atoms with Gasteiger partial charge in [0.1, 0.15) is 6.04 Å². The molecule has 2 N–H and O–H groups in total. The van der Waals surface area contributed by atoms with E-state index in [4.69, 9.17) is 9.47 Å². The Morgan fingerprint density at radius 3 is 2.43 bits per heavy atom. The molecule has 122 valence electrons. The van der Waals surface area contributed by atoms with Crippen molar-refractivity contribution in [2.24, 2.45) is 0 Å². The minimum atomic E-state index is -0.313. The standard InChI is InChI=1S/C14H27N3O4/c1-12(18)17-7-3-4-13(17)14(19)16-6-9-21-11-10-20-8-5-15-2/h13,15H,3-11H2,1-2H3,(H,16,19). The second-order valence-electron chi connectivity index (χ2n) is 4.99. The smallest absolute Gasteiger partial charge is 0.242 e. The fraction of sp³-hybridized carbons (Fsp3) is 0.857. The SMILES string of the molecule is CNCCOCCOCCNC(=O)C1CCCN1C(C)=O. The maximum absolute atomic E-state index is 12.0. The Kier molecular flexibility index (Phi) is 8.96. The van der Waals surface area contributed by atoms with Gasteiger partial charge in [0.05, 0.1) is 26.4 Å². The van der Waals surface area contributed by atoms with E-state index in [0.717, 1.165) is 19.4 Å². The lowest BCUT2D eigenvalue weighted by Gasteiger charge is -2.22. The molecule has 1 aliphatic rings. The maximum Gasteiger partial charge on any atom is 0.242 e. The lowest BCUT2D eigenvalue weighted by atomic mass is 10.2. The van der Waals surface area contributed by atoms with E-state index in [1.807, 2.05) is 7.05 Å². The van der Waals surface area contributed by atoms with Crippen LogP contribution in [-0.4, -0.2) is 75.9 Å². The molecule has 0 aromatic heterocycles. The first-order valence-corrected chi connectivity index (χ1v) is 7.52. The van der Waals surface area contributed by atoms with E-state index in [9.17, 15) is 9.59 Å². The van der Waals surface area contributed by atoms with Gasteiger partial charge in [-0.3, -0.25) is 9.59 Å². The predicted octanol–water partition coefficient (Wildman–Crippen LogP) is -0.634. The fourth-order valence-electron chi connectivity index (χ4n) is 2.28. The molecule has 21 heavy (non-hydrogen) atoms. The number of ether oxygens (including phenoxy) is 2. The Morgan fingerprint density at radius 1 is 1.14 bits per heavy atom. The summed E-state index contributed by atoms with van der Waals surface area (Å²) >= 11 is 0. The van der Waals surface area contributed by atoms with Crippen LogP contribution in [0.5, 0.6) is 0 Å². The third-order valence-electron chi connectivity index (χ3n) is 3.37. The van der Waals surface area contributed by atoms with E-state index in [1.54, 1.807) is 4.90 Å². The van der Waals surface area contributed by atoms with Crippen molar-refractivity contribution in [3.05, 3.63) is 0 Å². The highest BCUT2D eigenvalue weighted by Crippen LogP contribution is 2.17. The molecule has 0 radical (unpaired) electrons. The Bertz CT molecular complexity index is 325. The van der Waals surface area contributed by atoms with Gasteiger partial charge < -0.3 is 25.0 Å². The summed E-state index contributed by atoms with van der Waals surface area (Å²) in [5.74, 6) is -0.126. The first kappa shape index (κ1) is 17.9. The normalized spacial score (nSPS) is 18.0. The van der Waals surface area contributed by atoms with Crippen molar-refractivity contribution in [3.8, 4) is 0 Å². The Labute approximate surface area is 126 Å². The third-order valence-corrected chi connectivity index (χ3v) is 3.37. The summed E-state index contributed by atoms with van der Waals surface area (Å²) in [4.78, 5) is 25.0. The molecule has 1 aliphatic heterocycles. The lowest BCUT2D eigenvalue weighted by molar-refractivity contribution is -0.136. The fourth-order valence-corrected chi connectivity index (χ4v) is 2.28. The van der Waals surface area contributed by atoms with Crippen LogP contribution in [0.2, 0.25) is 0 Å². The van der Waals surface area contributed by atoms with E-state index in [2.05, 4.69) is 10.6 Å². The number of likely N-dealkylation sites (N-methyl/N-ethyl adjacent to an activating group) is 1. The summed E-state index contributed by atoms with van der Waals surface area (Å²) in [6.45, 7) is 5.64. The molecule has 0 saturated carbocycles. The van der Waals surface area contributed by atoms with Gasteiger partial charge in [0, 0.05) is 26.6 Å². The van der Waals surface area contributed by atoms with E-state index in [1.165, 1.54) is 6.92 Å². The molecule has 7 heteroatoms. The van der Waals surface area contributed by atoms with Gasteiger partial charge in [0.15, 0.2) is 0 Å². The van der Waals surface area contributed by atoms with Crippen LogP contribution in [0, 0.1) is 0 Å². The van der Waals surface area contributed by atoms with E-state index in [-0.39, 0.29) is 17.9 Å². The van der Waals surface area contributed by atoms with Gasteiger partial charge in [0.25, 0.3) is 0 Å². The number of hydrogen-bond donors (Lipinski definition) is 2. The van der Waals surface area contributed by atoms with Crippen LogP contribution in [0.25, 0.3) is 0 Å². The lowest BCUT2D eigenvalue weighted by Crippen LogP contribution is -2.45. The predicted molar refractivity (Wildman–Crippen MR) is 79.0 cm³/mol. The number of amides is 2. The molecular formula is C14H27N3O4. The number of carbonyl (C=O) groups is 2. The summed E-state index contributed by atoms with van der Waals surface area (Å²) in [5.41, 5.74) is 0. The summed E-state index contributed by atoms with van der Waals surface area (Å²) < 4.78 is 10.7. The highest BCUT2D eigenvalue weighted by Gasteiger charge is 2.31. The zero-order valence-corrected chi connectivity index (χ0v) is 13.0. The monoisotopic (exact) mass is 301 g/mol. The summed E-state index contributed by atoms with van der Waals surface area (Å²) in [7, 11) is 1.88. The number of carbonyl (C=O) groups excluding carboxylic acids is 2. The second-order valence-corrected chi connectivity index (χ2v) is 4.99. The summed E-state index contributed by atoms with van der Waals surface area (Å²) in [6.07, 6.45) is 1.63. The third kappa shape index (κ3) is 6.88. The van der Waals surface area contributed by atoms with Crippen molar-refractivity contribution >= 4 is 11.8 Å². The van der Waals surface area contributed by atoms with Gasteiger partial charge in [-0.2, -0.15) is 0 Å². The van der Waals surface area contributed by atoms with Crippen LogP contribution in [0.15, 0.2) is 0 Å². The minimum Gasteiger partial charge on any atom is -0.378 e. The highest BCUT2D eigenvalue weighted by molar-refractivity contribution is 5.87.